The van der Waals surface area contributed by atoms with Crippen molar-refractivity contribution in [1.82, 2.24) is 19.5 Å². The van der Waals surface area contributed by atoms with Gasteiger partial charge in [0.05, 0.1) is 5.39 Å². The molecular formula is C24H23N5OS. The van der Waals surface area contributed by atoms with E-state index in [-0.39, 0.29) is 5.56 Å². The summed E-state index contributed by atoms with van der Waals surface area (Å²) in [6, 6.07) is 17.9. The molecule has 3 aromatic heterocycles. The topological polar surface area (TPSA) is 62.5 Å². The molecule has 0 atom stereocenters. The quantitative estimate of drug-likeness (QED) is 0.318. The maximum absolute atomic E-state index is 13.6. The zero-order valence-electron chi connectivity index (χ0n) is 17.5. The molecule has 0 aliphatic carbocycles. The zero-order chi connectivity index (χ0) is 21.4. The fraction of sp³-hybridized carbons (Fsp3) is 0.208. The Morgan fingerprint density at radius 2 is 1.77 bits per heavy atom. The normalized spacial score (nSPS) is 11.7. The van der Waals surface area contributed by atoms with Crippen molar-refractivity contribution in [3.63, 3.8) is 0 Å². The number of hydrogen-bond acceptors (Lipinski definition) is 6. The first-order valence-electron chi connectivity index (χ1n) is 10.3. The SMILES string of the molecule is CN(C)CCCNc1nn2c(=O)c3c(-c4ccccc4)csc3nc2c2ccccc12. The number of rotatable bonds is 6. The van der Waals surface area contributed by atoms with E-state index in [2.05, 4.69) is 24.3 Å². The van der Waals surface area contributed by atoms with Crippen molar-refractivity contribution in [3.8, 4) is 11.1 Å². The highest BCUT2D eigenvalue weighted by molar-refractivity contribution is 7.17. The first-order chi connectivity index (χ1) is 15.1. The molecule has 2 aromatic carbocycles. The van der Waals surface area contributed by atoms with Gasteiger partial charge in [-0.05, 0) is 32.6 Å². The summed E-state index contributed by atoms with van der Waals surface area (Å²) in [6.45, 7) is 1.76. The van der Waals surface area contributed by atoms with Crippen molar-refractivity contribution >= 4 is 43.8 Å². The number of nitrogens with one attached hydrogen (secondary N) is 1. The molecule has 0 bridgehead atoms. The molecule has 0 amide bonds. The number of thiophene rings is 1. The van der Waals surface area contributed by atoms with Crippen LogP contribution in [0.4, 0.5) is 5.82 Å². The lowest BCUT2D eigenvalue weighted by Crippen LogP contribution is -2.21. The average Bonchev–Trinajstić information content (AvgIpc) is 3.22. The molecule has 0 radical (unpaired) electrons. The molecule has 0 spiro atoms. The molecule has 0 saturated carbocycles. The van der Waals surface area contributed by atoms with Gasteiger partial charge in [-0.15, -0.1) is 16.4 Å². The number of anilines is 1. The molecular weight excluding hydrogens is 406 g/mol. The Balaban J connectivity index is 1.71. The van der Waals surface area contributed by atoms with E-state index in [0.717, 1.165) is 46.2 Å². The Bertz CT molecular complexity index is 1440. The van der Waals surface area contributed by atoms with E-state index in [0.29, 0.717) is 16.9 Å². The third kappa shape index (κ3) is 3.56. The van der Waals surface area contributed by atoms with Crippen molar-refractivity contribution in [2.24, 2.45) is 0 Å². The molecule has 0 aliphatic heterocycles. The van der Waals surface area contributed by atoms with Crippen LogP contribution in [0.2, 0.25) is 0 Å². The largest absolute Gasteiger partial charge is 0.368 e. The van der Waals surface area contributed by atoms with Gasteiger partial charge in [0, 0.05) is 28.3 Å². The molecule has 5 aromatic rings. The Morgan fingerprint density at radius 1 is 1.03 bits per heavy atom. The molecule has 0 aliphatic rings. The molecule has 5 rings (SSSR count). The fourth-order valence-electron chi connectivity index (χ4n) is 3.85. The highest BCUT2D eigenvalue weighted by Crippen LogP contribution is 2.32. The van der Waals surface area contributed by atoms with Gasteiger partial charge < -0.3 is 10.2 Å². The van der Waals surface area contributed by atoms with Gasteiger partial charge in [0.1, 0.15) is 4.83 Å². The fourth-order valence-corrected chi connectivity index (χ4v) is 4.79. The van der Waals surface area contributed by atoms with Crippen LogP contribution >= 0.6 is 11.3 Å². The van der Waals surface area contributed by atoms with Gasteiger partial charge in [0.15, 0.2) is 11.5 Å². The van der Waals surface area contributed by atoms with Crippen LogP contribution < -0.4 is 10.9 Å². The lowest BCUT2D eigenvalue weighted by atomic mass is 10.1. The molecule has 0 unspecified atom stereocenters. The third-order valence-electron chi connectivity index (χ3n) is 5.37. The first-order valence-corrected chi connectivity index (χ1v) is 11.2. The van der Waals surface area contributed by atoms with E-state index in [1.165, 1.54) is 15.9 Å². The van der Waals surface area contributed by atoms with Crippen LogP contribution in [0.25, 0.3) is 37.8 Å². The predicted molar refractivity (Wildman–Crippen MR) is 129 cm³/mol. The van der Waals surface area contributed by atoms with Crippen LogP contribution in [0.3, 0.4) is 0 Å². The van der Waals surface area contributed by atoms with Crippen LogP contribution in [-0.2, 0) is 0 Å². The second kappa shape index (κ2) is 8.09. The molecule has 3 heterocycles. The van der Waals surface area contributed by atoms with Crippen LogP contribution in [0.1, 0.15) is 6.42 Å². The van der Waals surface area contributed by atoms with Gasteiger partial charge in [-0.3, -0.25) is 4.79 Å². The Hall–Kier alpha value is -3.29. The molecule has 156 valence electrons. The minimum absolute atomic E-state index is 0.137. The minimum atomic E-state index is -0.137. The van der Waals surface area contributed by atoms with E-state index < -0.39 is 0 Å². The number of benzene rings is 2. The Labute approximate surface area is 183 Å². The van der Waals surface area contributed by atoms with Crippen molar-refractivity contribution in [2.75, 3.05) is 32.5 Å². The van der Waals surface area contributed by atoms with Gasteiger partial charge >= 0.3 is 0 Å². The van der Waals surface area contributed by atoms with E-state index >= 15 is 0 Å². The molecule has 6 nitrogen and oxygen atoms in total. The van der Waals surface area contributed by atoms with Gasteiger partial charge in [-0.25, -0.2) is 4.98 Å². The Morgan fingerprint density at radius 3 is 2.55 bits per heavy atom. The summed E-state index contributed by atoms with van der Waals surface area (Å²) in [5, 5.41) is 12.7. The van der Waals surface area contributed by atoms with Gasteiger partial charge in [-0.2, -0.15) is 4.52 Å². The summed E-state index contributed by atoms with van der Waals surface area (Å²) in [5.41, 5.74) is 2.37. The van der Waals surface area contributed by atoms with Crippen molar-refractivity contribution in [1.29, 1.82) is 0 Å². The van der Waals surface area contributed by atoms with E-state index in [9.17, 15) is 4.79 Å². The van der Waals surface area contributed by atoms with Gasteiger partial charge in [0.2, 0.25) is 0 Å². The molecule has 0 fully saturated rings. The summed E-state index contributed by atoms with van der Waals surface area (Å²) in [7, 11) is 4.12. The molecule has 31 heavy (non-hydrogen) atoms. The van der Waals surface area contributed by atoms with Crippen molar-refractivity contribution in [2.45, 2.75) is 6.42 Å². The summed E-state index contributed by atoms with van der Waals surface area (Å²) < 4.78 is 1.46. The van der Waals surface area contributed by atoms with E-state index in [1.807, 2.05) is 60.0 Å². The van der Waals surface area contributed by atoms with Crippen LogP contribution in [-0.4, -0.2) is 46.7 Å². The summed E-state index contributed by atoms with van der Waals surface area (Å²) >= 11 is 1.50. The lowest BCUT2D eigenvalue weighted by molar-refractivity contribution is 0.405. The standard InChI is InChI=1S/C24H23N5OS/c1-28(2)14-8-13-25-21-17-11-6-7-12-18(17)22-26-23-20(24(30)29(22)27-21)19(15-31-23)16-9-4-3-5-10-16/h3-7,9-12,15H,8,13-14H2,1-2H3,(H,25,27). The second-order valence-corrected chi connectivity index (χ2v) is 8.68. The minimum Gasteiger partial charge on any atom is -0.368 e. The highest BCUT2D eigenvalue weighted by atomic mass is 32.1. The van der Waals surface area contributed by atoms with Gasteiger partial charge in [0.25, 0.3) is 5.56 Å². The molecule has 7 heteroatoms. The van der Waals surface area contributed by atoms with Crippen LogP contribution in [0.15, 0.2) is 64.8 Å². The van der Waals surface area contributed by atoms with Crippen LogP contribution in [0, 0.1) is 0 Å². The second-order valence-electron chi connectivity index (χ2n) is 7.83. The van der Waals surface area contributed by atoms with Crippen molar-refractivity contribution < 1.29 is 0 Å². The maximum atomic E-state index is 13.6. The molecule has 0 saturated heterocycles. The number of hydrogen-bond donors (Lipinski definition) is 1. The summed E-state index contributed by atoms with van der Waals surface area (Å²) in [5.74, 6) is 0.710. The summed E-state index contributed by atoms with van der Waals surface area (Å²) in [6.07, 6.45) is 0.982. The number of aromatic nitrogens is 3. The Kier molecular flexibility index (Phi) is 5.13. The summed E-state index contributed by atoms with van der Waals surface area (Å²) in [4.78, 5) is 21.3. The predicted octanol–water partition coefficient (Wildman–Crippen LogP) is 4.49. The smallest absolute Gasteiger partial charge is 0.283 e. The third-order valence-corrected chi connectivity index (χ3v) is 6.24. The highest BCUT2D eigenvalue weighted by Gasteiger charge is 2.17. The average molecular weight is 430 g/mol. The zero-order valence-corrected chi connectivity index (χ0v) is 18.3. The first kappa shape index (κ1) is 19.7. The van der Waals surface area contributed by atoms with Crippen LogP contribution in [0.5, 0.6) is 0 Å². The maximum Gasteiger partial charge on any atom is 0.283 e. The number of fused-ring (bicyclic) bond motifs is 4. The van der Waals surface area contributed by atoms with E-state index in [4.69, 9.17) is 10.1 Å². The monoisotopic (exact) mass is 429 g/mol. The van der Waals surface area contributed by atoms with Gasteiger partial charge in [-0.1, -0.05) is 54.6 Å². The lowest BCUT2D eigenvalue weighted by Gasteiger charge is -2.13. The molecule has 1 N–H and O–H groups in total. The van der Waals surface area contributed by atoms with Crippen molar-refractivity contribution in [3.05, 3.63) is 70.3 Å². The van der Waals surface area contributed by atoms with E-state index in [1.54, 1.807) is 0 Å². The number of nitrogens with zero attached hydrogens (tertiary/aromatic N) is 4.